The summed E-state index contributed by atoms with van der Waals surface area (Å²) in [4.78, 5) is 36.1. The van der Waals surface area contributed by atoms with Crippen LogP contribution in [0, 0.1) is 23.7 Å². The molecule has 4 aliphatic rings. The Balaban J connectivity index is 1.36. The van der Waals surface area contributed by atoms with Crippen LogP contribution in [0.5, 0.6) is 0 Å². The summed E-state index contributed by atoms with van der Waals surface area (Å²) in [6, 6.07) is -0.207. The Kier molecular flexibility index (Phi) is 2.94. The number of nitrogens with one attached hydrogen (secondary N) is 2. The van der Waals surface area contributed by atoms with Crippen LogP contribution in [0.2, 0.25) is 0 Å². The molecule has 1 saturated heterocycles. The predicted octanol–water partition coefficient (Wildman–Crippen LogP) is 0.479. The number of nitrogens with zero attached hydrogens (tertiary/aromatic N) is 1. The van der Waals surface area contributed by atoms with Crippen molar-refractivity contribution in [2.75, 3.05) is 13.1 Å². The van der Waals surface area contributed by atoms with Gasteiger partial charge in [-0.3, -0.25) is 14.5 Å². The Hall–Kier alpha value is -1.59. The number of imide groups is 1. The number of hydrogen-bond acceptors (Lipinski definition) is 3. The lowest BCUT2D eigenvalue weighted by atomic mass is 9.79. The molecule has 2 N–H and O–H groups in total. The lowest BCUT2D eigenvalue weighted by molar-refractivity contribution is -0.131. The minimum atomic E-state index is -0.459. The molecule has 4 fully saturated rings. The van der Waals surface area contributed by atoms with E-state index in [4.69, 9.17) is 0 Å². The summed E-state index contributed by atoms with van der Waals surface area (Å²) in [5.74, 6) is 2.57. The fraction of sp³-hybridized carbons (Fsp3) is 0.800. The van der Waals surface area contributed by atoms with Crippen LogP contribution in [0.1, 0.15) is 32.1 Å². The van der Waals surface area contributed by atoms with Gasteiger partial charge in [0.15, 0.2) is 0 Å². The number of hydrogen-bond donors (Lipinski definition) is 2. The van der Waals surface area contributed by atoms with Crippen molar-refractivity contribution < 1.29 is 14.4 Å². The fourth-order valence-corrected chi connectivity index (χ4v) is 5.25. The van der Waals surface area contributed by atoms with Gasteiger partial charge >= 0.3 is 6.03 Å². The van der Waals surface area contributed by atoms with Crippen LogP contribution in [0.3, 0.4) is 0 Å². The highest BCUT2D eigenvalue weighted by Crippen LogP contribution is 2.58. The van der Waals surface area contributed by atoms with Gasteiger partial charge in [0, 0.05) is 6.04 Å². The third-order valence-corrected chi connectivity index (χ3v) is 6.01. The molecule has 3 saturated carbocycles. The monoisotopic (exact) mass is 291 g/mol. The average Bonchev–Trinajstić information content (AvgIpc) is 3.16. The number of carbonyl (C=O) groups is 3. The molecule has 0 aromatic rings. The standard InChI is InChI=1S/C15H21N3O3/c19-13(7-18-14(20)6-16-15(18)21)17-12-5-8-4-11(12)10-3-1-2-9(8)10/h8-12H,1-7H2,(H,16,21)(H,17,19)/t8-,9+,10-,11+,12-/m1/s1. The number of amides is 4. The average molecular weight is 291 g/mol. The van der Waals surface area contributed by atoms with Crippen LogP contribution >= 0.6 is 0 Å². The molecule has 2 bridgehead atoms. The molecule has 21 heavy (non-hydrogen) atoms. The van der Waals surface area contributed by atoms with E-state index >= 15 is 0 Å². The molecule has 0 unspecified atom stereocenters. The summed E-state index contributed by atoms with van der Waals surface area (Å²) < 4.78 is 0. The second-order valence-corrected chi connectivity index (χ2v) is 6.97. The van der Waals surface area contributed by atoms with Gasteiger partial charge in [-0.25, -0.2) is 4.79 Å². The van der Waals surface area contributed by atoms with Crippen LogP contribution in [0.15, 0.2) is 0 Å². The molecule has 3 aliphatic carbocycles. The molecule has 4 amide bonds. The van der Waals surface area contributed by atoms with Crippen molar-refractivity contribution >= 4 is 17.8 Å². The van der Waals surface area contributed by atoms with E-state index in [1.165, 1.54) is 25.7 Å². The topological polar surface area (TPSA) is 78.5 Å². The van der Waals surface area contributed by atoms with Crippen molar-refractivity contribution in [3.8, 4) is 0 Å². The highest BCUT2D eigenvalue weighted by atomic mass is 16.2. The second-order valence-electron chi connectivity index (χ2n) is 6.97. The Labute approximate surface area is 123 Å². The summed E-state index contributed by atoms with van der Waals surface area (Å²) in [5, 5.41) is 5.51. The van der Waals surface area contributed by atoms with E-state index in [0.717, 1.165) is 29.1 Å². The zero-order chi connectivity index (χ0) is 14.6. The highest BCUT2D eigenvalue weighted by Gasteiger charge is 2.54. The molecule has 0 aromatic carbocycles. The van der Waals surface area contributed by atoms with Crippen LogP contribution in [0.4, 0.5) is 4.79 Å². The predicted molar refractivity (Wildman–Crippen MR) is 74.1 cm³/mol. The van der Waals surface area contributed by atoms with Gasteiger partial charge in [0.25, 0.3) is 5.91 Å². The van der Waals surface area contributed by atoms with E-state index in [-0.39, 0.29) is 30.9 Å². The molecule has 6 heteroatoms. The van der Waals surface area contributed by atoms with E-state index in [1.54, 1.807) is 0 Å². The summed E-state index contributed by atoms with van der Waals surface area (Å²) in [6.45, 7) is -0.142. The molecule has 114 valence electrons. The van der Waals surface area contributed by atoms with Crippen LogP contribution < -0.4 is 10.6 Å². The normalized spacial score (nSPS) is 40.6. The van der Waals surface area contributed by atoms with Gasteiger partial charge < -0.3 is 10.6 Å². The minimum Gasteiger partial charge on any atom is -0.352 e. The Morgan fingerprint density at radius 3 is 2.76 bits per heavy atom. The minimum absolute atomic E-state index is 0.00396. The molecule has 0 spiro atoms. The van der Waals surface area contributed by atoms with Crippen molar-refractivity contribution in [2.24, 2.45) is 23.7 Å². The Morgan fingerprint density at radius 2 is 2.00 bits per heavy atom. The summed E-state index contributed by atoms with van der Waals surface area (Å²) in [7, 11) is 0. The van der Waals surface area contributed by atoms with Gasteiger partial charge in [0.1, 0.15) is 6.54 Å². The molecule has 5 atom stereocenters. The first kappa shape index (κ1) is 13.1. The number of fused-ring (bicyclic) bond motifs is 5. The summed E-state index contributed by atoms with van der Waals surface area (Å²) in [5.41, 5.74) is 0. The Bertz CT molecular complexity index is 490. The van der Waals surface area contributed by atoms with Gasteiger partial charge in [-0.1, -0.05) is 6.42 Å². The van der Waals surface area contributed by atoms with Gasteiger partial charge in [0.2, 0.25) is 5.91 Å². The van der Waals surface area contributed by atoms with E-state index in [0.29, 0.717) is 5.92 Å². The third kappa shape index (κ3) is 2.03. The lowest BCUT2D eigenvalue weighted by Crippen LogP contribution is -2.47. The lowest BCUT2D eigenvalue weighted by Gasteiger charge is -2.32. The number of rotatable bonds is 3. The molecule has 4 rings (SSSR count). The maximum absolute atomic E-state index is 12.1. The molecular formula is C15H21N3O3. The van der Waals surface area contributed by atoms with Crippen molar-refractivity contribution in [3.05, 3.63) is 0 Å². The first-order valence-electron chi connectivity index (χ1n) is 8.01. The maximum Gasteiger partial charge on any atom is 0.325 e. The zero-order valence-electron chi connectivity index (χ0n) is 12.0. The van der Waals surface area contributed by atoms with Crippen molar-refractivity contribution in [1.29, 1.82) is 0 Å². The van der Waals surface area contributed by atoms with Crippen LogP contribution in [-0.2, 0) is 9.59 Å². The van der Waals surface area contributed by atoms with E-state index in [2.05, 4.69) is 10.6 Å². The van der Waals surface area contributed by atoms with Gasteiger partial charge in [0.05, 0.1) is 6.54 Å². The molecule has 1 aliphatic heterocycles. The van der Waals surface area contributed by atoms with Crippen LogP contribution in [0.25, 0.3) is 0 Å². The molecule has 0 aromatic heterocycles. The van der Waals surface area contributed by atoms with Crippen LogP contribution in [-0.4, -0.2) is 41.9 Å². The smallest absolute Gasteiger partial charge is 0.325 e. The Morgan fingerprint density at radius 1 is 1.19 bits per heavy atom. The van der Waals surface area contributed by atoms with E-state index in [1.807, 2.05) is 0 Å². The number of urea groups is 1. The quantitative estimate of drug-likeness (QED) is 0.742. The van der Waals surface area contributed by atoms with Crippen molar-refractivity contribution in [1.82, 2.24) is 15.5 Å². The van der Waals surface area contributed by atoms with E-state index in [9.17, 15) is 14.4 Å². The second kappa shape index (κ2) is 4.71. The fourth-order valence-electron chi connectivity index (χ4n) is 5.25. The maximum atomic E-state index is 12.1. The first-order chi connectivity index (χ1) is 10.1. The van der Waals surface area contributed by atoms with Crippen molar-refractivity contribution in [3.63, 3.8) is 0 Å². The summed E-state index contributed by atoms with van der Waals surface area (Å²) >= 11 is 0. The van der Waals surface area contributed by atoms with Gasteiger partial charge in [-0.05, 0) is 49.4 Å². The molecule has 0 radical (unpaired) electrons. The first-order valence-corrected chi connectivity index (χ1v) is 8.01. The zero-order valence-corrected chi connectivity index (χ0v) is 12.0. The number of carbonyl (C=O) groups excluding carboxylic acids is 3. The largest absolute Gasteiger partial charge is 0.352 e. The SMILES string of the molecule is O=C(CN1C(=O)CNC1=O)N[C@@H]1C[C@H]2C[C@H]1[C@@H]1CCC[C@@H]21. The summed E-state index contributed by atoms with van der Waals surface area (Å²) in [6.07, 6.45) is 6.35. The molecule has 6 nitrogen and oxygen atoms in total. The highest BCUT2D eigenvalue weighted by molar-refractivity contribution is 6.04. The van der Waals surface area contributed by atoms with Crippen molar-refractivity contribution in [2.45, 2.75) is 38.1 Å². The van der Waals surface area contributed by atoms with Gasteiger partial charge in [-0.15, -0.1) is 0 Å². The van der Waals surface area contributed by atoms with E-state index < -0.39 is 6.03 Å². The van der Waals surface area contributed by atoms with Gasteiger partial charge in [-0.2, -0.15) is 0 Å². The molecular weight excluding hydrogens is 270 g/mol. The molecule has 1 heterocycles. The third-order valence-electron chi connectivity index (χ3n) is 6.01.